The van der Waals surface area contributed by atoms with Crippen LogP contribution in [-0.4, -0.2) is 262 Å². The topological polar surface area (TPSA) is 444 Å². The predicted molar refractivity (Wildman–Crippen MR) is 269 cm³/mol. The Balaban J connectivity index is 0.841. The summed E-state index contributed by atoms with van der Waals surface area (Å²) in [6.07, 6.45) is -22.3. The van der Waals surface area contributed by atoms with E-state index in [1.165, 1.54) is 12.2 Å². The van der Waals surface area contributed by atoms with E-state index < -0.39 is 203 Å². The number of carbonyl (C=O) groups is 4. The van der Waals surface area contributed by atoms with Gasteiger partial charge in [0.2, 0.25) is 0 Å². The largest absolute Gasteiger partial charge is 0.481 e. The molecule has 28 heteroatoms. The van der Waals surface area contributed by atoms with E-state index in [1.807, 2.05) is 0 Å². The predicted octanol–water partition coefficient (Wildman–Crippen LogP) is -4.03. The maximum atomic E-state index is 13.1. The number of fused-ring (bicyclic) bond motifs is 1. The normalized spacial score (nSPS) is 45.7. The summed E-state index contributed by atoms with van der Waals surface area (Å²) in [6, 6.07) is 0. The van der Waals surface area contributed by atoms with Crippen molar-refractivity contribution in [3.8, 4) is 0 Å². The van der Waals surface area contributed by atoms with Crippen LogP contribution in [0.3, 0.4) is 0 Å². The lowest BCUT2D eigenvalue weighted by Crippen LogP contribution is -2.63. The first-order valence-electron chi connectivity index (χ1n) is 28.5. The van der Waals surface area contributed by atoms with Crippen molar-refractivity contribution in [2.45, 2.75) is 243 Å². The quantitative estimate of drug-likeness (QED) is 0.0253. The smallest absolute Gasteiger partial charge is 0.330 e. The first kappa shape index (κ1) is 64.6. The number of allylic oxidation sites excluding steroid dienone is 2. The Kier molecular flexibility index (Phi) is 23.1. The molecule has 0 spiro atoms. The second-order valence-corrected chi connectivity index (χ2v) is 23.2. The summed E-state index contributed by atoms with van der Waals surface area (Å²) in [5.41, 5.74) is 0. The third kappa shape index (κ3) is 16.5. The van der Waals surface area contributed by atoms with Gasteiger partial charge in [0.05, 0.1) is 54.9 Å². The number of aliphatic hydroxyl groups excluding tert-OH is 13. The molecule has 0 radical (unpaired) electrons. The molecule has 0 aromatic heterocycles. The molecule has 466 valence electrons. The van der Waals surface area contributed by atoms with Crippen LogP contribution in [0.25, 0.3) is 0 Å². The lowest BCUT2D eigenvalue weighted by atomic mass is 9.72. The molecule has 24 atom stereocenters. The van der Waals surface area contributed by atoms with Gasteiger partial charge in [0.1, 0.15) is 99.5 Å². The van der Waals surface area contributed by atoms with Gasteiger partial charge in [0, 0.05) is 24.5 Å². The minimum absolute atomic E-state index is 0.0196. The van der Waals surface area contributed by atoms with Crippen molar-refractivity contribution < 1.29 is 138 Å². The molecule has 0 aromatic carbocycles. The van der Waals surface area contributed by atoms with Crippen molar-refractivity contribution in [1.82, 2.24) is 0 Å². The molecular formula is C54H82O28. The average Bonchev–Trinajstić information content (AvgIpc) is 3.64. The number of carbonyl (C=O) groups excluding carboxylic acids is 3. The molecule has 0 amide bonds. The van der Waals surface area contributed by atoms with E-state index in [2.05, 4.69) is 0 Å². The minimum Gasteiger partial charge on any atom is -0.481 e. The van der Waals surface area contributed by atoms with Gasteiger partial charge in [-0.25, -0.2) is 9.59 Å². The maximum absolute atomic E-state index is 13.1. The summed E-state index contributed by atoms with van der Waals surface area (Å²) in [6.45, 7) is -1.75. The van der Waals surface area contributed by atoms with Gasteiger partial charge in [-0.3, -0.25) is 9.59 Å². The molecule has 4 aliphatic carbocycles. The van der Waals surface area contributed by atoms with E-state index in [9.17, 15) is 85.6 Å². The molecule has 28 nitrogen and oxygen atoms in total. The lowest BCUT2D eigenvalue weighted by Gasteiger charge is -2.52. The van der Waals surface area contributed by atoms with Crippen LogP contribution in [0.5, 0.6) is 0 Å². The van der Waals surface area contributed by atoms with Gasteiger partial charge in [0.15, 0.2) is 18.9 Å². The molecule has 9 unspecified atom stereocenters. The van der Waals surface area contributed by atoms with Gasteiger partial charge in [-0.05, 0) is 101 Å². The molecule has 0 bridgehead atoms. The van der Waals surface area contributed by atoms with Crippen LogP contribution >= 0.6 is 0 Å². The van der Waals surface area contributed by atoms with Crippen molar-refractivity contribution >= 4 is 23.9 Å². The van der Waals surface area contributed by atoms with E-state index >= 15 is 0 Å². The van der Waals surface area contributed by atoms with Gasteiger partial charge >= 0.3 is 23.9 Å². The first-order chi connectivity index (χ1) is 39.0. The molecule has 4 aliphatic heterocycles. The lowest BCUT2D eigenvalue weighted by molar-refractivity contribution is -0.344. The van der Waals surface area contributed by atoms with Crippen LogP contribution in [-0.2, 0) is 66.5 Å². The number of rotatable bonds is 19. The number of hydrogen-bond donors (Lipinski definition) is 14. The fraction of sp³-hybridized carbons (Fsp3) is 0.852. The molecule has 14 N–H and O–H groups in total. The molecule has 82 heavy (non-hydrogen) atoms. The number of aliphatic carboxylic acids is 1. The van der Waals surface area contributed by atoms with Gasteiger partial charge in [0.25, 0.3) is 0 Å². The van der Waals surface area contributed by atoms with E-state index in [0.29, 0.717) is 44.9 Å². The number of carboxylic acid groups (broad SMARTS) is 1. The van der Waals surface area contributed by atoms with Crippen molar-refractivity contribution in [3.63, 3.8) is 0 Å². The summed E-state index contributed by atoms with van der Waals surface area (Å²) in [7, 11) is 0. The molecule has 4 heterocycles. The van der Waals surface area contributed by atoms with E-state index in [4.69, 9.17) is 52.5 Å². The molecule has 8 fully saturated rings. The zero-order valence-corrected chi connectivity index (χ0v) is 45.2. The van der Waals surface area contributed by atoms with Gasteiger partial charge in [-0.2, -0.15) is 0 Å². The molecule has 8 rings (SSSR count). The van der Waals surface area contributed by atoms with Crippen LogP contribution in [0, 0.1) is 23.7 Å². The Morgan fingerprint density at radius 2 is 0.915 bits per heavy atom. The Morgan fingerprint density at radius 1 is 0.439 bits per heavy atom. The van der Waals surface area contributed by atoms with Crippen LogP contribution < -0.4 is 0 Å². The van der Waals surface area contributed by atoms with E-state index in [1.54, 1.807) is 12.2 Å². The van der Waals surface area contributed by atoms with E-state index in [-0.39, 0.29) is 50.0 Å². The highest BCUT2D eigenvalue weighted by Crippen LogP contribution is 2.45. The zero-order valence-electron chi connectivity index (χ0n) is 45.2. The molecule has 8 aliphatic rings. The molecule has 4 saturated heterocycles. The fourth-order valence-corrected chi connectivity index (χ4v) is 12.5. The SMILES string of the molecule is O=C(O)CC(=O)OC[C@H]1O[C@@H](OC2CC(O)CC3OC(C4CCC(O)C(O)C4)C(O[C@@H]4O[C@H](COC(=O)C=CC5CCC(O[C@@H]6O[C@H](COC(=O)C=CC7CCC(O)CC7)[C@@H](O)[C@H](O)[C@H]6O)CC5)[C@@H](O)[C@H](O)[C@H]4O)CC32)[C@H](O)[C@@H](O)[C@@H]1O. The van der Waals surface area contributed by atoms with Gasteiger partial charge in [-0.15, -0.1) is 0 Å². The molecular weight excluding hydrogens is 1100 g/mol. The summed E-state index contributed by atoms with van der Waals surface area (Å²) in [4.78, 5) is 48.5. The Labute approximate surface area is 472 Å². The van der Waals surface area contributed by atoms with Crippen molar-refractivity contribution in [2.24, 2.45) is 23.7 Å². The fourth-order valence-electron chi connectivity index (χ4n) is 12.5. The van der Waals surface area contributed by atoms with Crippen molar-refractivity contribution in [3.05, 3.63) is 24.3 Å². The van der Waals surface area contributed by atoms with Crippen LogP contribution in [0.2, 0.25) is 0 Å². The Bertz CT molecular complexity index is 2140. The molecule has 4 saturated carbocycles. The van der Waals surface area contributed by atoms with Crippen LogP contribution in [0.4, 0.5) is 0 Å². The first-order valence-corrected chi connectivity index (χ1v) is 28.5. The summed E-state index contributed by atoms with van der Waals surface area (Å²) < 4.78 is 58.5. The van der Waals surface area contributed by atoms with E-state index in [0.717, 1.165) is 12.8 Å². The van der Waals surface area contributed by atoms with Crippen molar-refractivity contribution in [2.75, 3.05) is 19.8 Å². The summed E-state index contributed by atoms with van der Waals surface area (Å²) in [5.74, 6) is -5.31. The number of carboxylic acids is 1. The third-order valence-corrected chi connectivity index (χ3v) is 17.4. The van der Waals surface area contributed by atoms with Crippen LogP contribution in [0.1, 0.15) is 96.3 Å². The standard InChI is InChI=1S/C54H82O28/c55-26-8-1-23(2-9-26)5-13-39(61)73-20-35-42(64)45(67)48(70)52(80-35)76-28-10-3-24(4-11-28)6-14-40(62)74-21-36-43(65)47(69)50(72)54(82-36)79-34-18-29-32(77-51(34)25-7-12-30(57)31(58)15-25)16-27(56)17-33(29)78-53-49(71)46(68)44(66)37(81-53)22-75-41(63)19-38(59)60/h5-6,13-14,23-37,42-58,64-72H,1-4,7-12,15-22H2,(H,59,60)/t23?,24?,25?,26?,27?,28?,29?,30?,31?,32?,33?,34?,35-,36-,37-,42-,43-,44-,45+,46+,47+,48-,49-,50-,51?,52-,53-,54-/m1/s1. The highest BCUT2D eigenvalue weighted by molar-refractivity contribution is 5.90. The second kappa shape index (κ2) is 29.3. The Hall–Kier alpha value is -3.44. The number of aliphatic hydroxyl groups is 13. The maximum Gasteiger partial charge on any atom is 0.330 e. The average molecular weight is 1180 g/mol. The van der Waals surface area contributed by atoms with Gasteiger partial charge < -0.3 is 119 Å². The highest BCUT2D eigenvalue weighted by Gasteiger charge is 2.55. The number of esters is 3. The van der Waals surface area contributed by atoms with Crippen LogP contribution in [0.15, 0.2) is 24.3 Å². The zero-order chi connectivity index (χ0) is 59.1. The third-order valence-electron chi connectivity index (χ3n) is 17.4. The minimum atomic E-state index is -1.89. The summed E-state index contributed by atoms with van der Waals surface area (Å²) in [5, 5.41) is 148. The monoisotopic (exact) mass is 1180 g/mol. The highest BCUT2D eigenvalue weighted by atomic mass is 16.7. The molecule has 0 aromatic rings. The summed E-state index contributed by atoms with van der Waals surface area (Å²) >= 11 is 0. The second-order valence-electron chi connectivity index (χ2n) is 23.2. The number of ether oxygens (including phenoxy) is 10. The number of hydrogen-bond acceptors (Lipinski definition) is 27. The van der Waals surface area contributed by atoms with Crippen molar-refractivity contribution in [1.29, 1.82) is 0 Å². The Morgan fingerprint density at radius 3 is 1.41 bits per heavy atom. The van der Waals surface area contributed by atoms with Gasteiger partial charge in [-0.1, -0.05) is 12.2 Å².